The van der Waals surface area contributed by atoms with Gasteiger partial charge < -0.3 is 9.64 Å². The lowest BCUT2D eigenvalue weighted by Crippen LogP contribution is -2.47. The first kappa shape index (κ1) is 12.6. The number of nitrogens with zero attached hydrogens (tertiary/aromatic N) is 2. The van der Waals surface area contributed by atoms with E-state index in [1.807, 2.05) is 0 Å². The zero-order valence-electron chi connectivity index (χ0n) is 15.2. The van der Waals surface area contributed by atoms with Gasteiger partial charge in [-0.05, 0) is 45.7 Å². The van der Waals surface area contributed by atoms with E-state index in [2.05, 4.69) is 4.98 Å². The molecule has 1 aliphatic carbocycles. The van der Waals surface area contributed by atoms with Crippen molar-refractivity contribution in [2.24, 2.45) is 5.41 Å². The summed E-state index contributed by atoms with van der Waals surface area (Å²) in [7, 11) is 0. The molecule has 0 aromatic carbocycles. The second kappa shape index (κ2) is 5.07. The second-order valence-corrected chi connectivity index (χ2v) is 6.90. The fourth-order valence-corrected chi connectivity index (χ4v) is 2.98. The lowest BCUT2D eigenvalue weighted by atomic mass is 9.75. The highest BCUT2D eigenvalue weighted by Gasteiger charge is 2.48. The number of ketones is 1. The summed E-state index contributed by atoms with van der Waals surface area (Å²) in [6.45, 7) is 6.01. The molecule has 0 atom stereocenters. The molecule has 1 spiro atoms. The Bertz CT molecular complexity index is 689. The number of pyridine rings is 1. The van der Waals surface area contributed by atoms with Crippen LogP contribution in [0.1, 0.15) is 52.4 Å². The molecule has 3 rings (SSSR count). The van der Waals surface area contributed by atoms with E-state index in [1.165, 1.54) is 6.20 Å². The number of ether oxygens (including phenoxy) is 1. The summed E-state index contributed by atoms with van der Waals surface area (Å²) in [5, 5.41) is 0. The van der Waals surface area contributed by atoms with Crippen molar-refractivity contribution in [2.75, 3.05) is 13.1 Å². The molecule has 2 aliphatic rings. The monoisotopic (exact) mass is 304 g/mol. The molecule has 1 fully saturated rings. The zero-order valence-corrected chi connectivity index (χ0v) is 13.2. The molecule has 1 aromatic heterocycles. The van der Waals surface area contributed by atoms with E-state index in [0.29, 0.717) is 18.7 Å². The van der Waals surface area contributed by atoms with Gasteiger partial charge in [-0.3, -0.25) is 9.78 Å². The third-order valence-electron chi connectivity index (χ3n) is 4.11. The van der Waals surface area contributed by atoms with Crippen LogP contribution in [-0.4, -0.2) is 40.5 Å². The number of amides is 1. The van der Waals surface area contributed by atoms with Crippen molar-refractivity contribution in [3.05, 3.63) is 29.6 Å². The largest absolute Gasteiger partial charge is 0.444 e. The third kappa shape index (κ3) is 2.60. The van der Waals surface area contributed by atoms with E-state index in [1.54, 1.807) is 37.8 Å². The molecule has 1 aliphatic heterocycles. The number of aromatic nitrogens is 1. The number of Topliss-reactive ketones (excluding diaryl/α,β-unsaturated/α-hetero) is 1. The smallest absolute Gasteiger partial charge is 0.410 e. The van der Waals surface area contributed by atoms with Crippen LogP contribution >= 0.6 is 0 Å². The predicted octanol–water partition coefficient (Wildman–Crippen LogP) is 2.84. The number of rotatable bonds is 0. The van der Waals surface area contributed by atoms with Gasteiger partial charge in [-0.2, -0.15) is 0 Å². The first-order chi connectivity index (χ1) is 11.1. The van der Waals surface area contributed by atoms with Crippen LogP contribution in [0.25, 0.3) is 0 Å². The summed E-state index contributed by atoms with van der Waals surface area (Å²) in [6.07, 6.45) is -0.179. The maximum Gasteiger partial charge on any atom is 0.410 e. The fourth-order valence-electron chi connectivity index (χ4n) is 2.98. The average molecular weight is 304 g/mol. The van der Waals surface area contributed by atoms with Crippen LogP contribution in [0.4, 0.5) is 4.79 Å². The van der Waals surface area contributed by atoms with Crippen molar-refractivity contribution in [1.29, 1.82) is 0 Å². The normalized spacial score (nSPS) is 23.8. The molecule has 0 unspecified atom stereocenters. The summed E-state index contributed by atoms with van der Waals surface area (Å²) in [5.74, 6) is -0.195. The van der Waals surface area contributed by atoms with Crippen molar-refractivity contribution >= 4 is 11.9 Å². The average Bonchev–Trinajstić information content (AvgIpc) is 2.66. The van der Waals surface area contributed by atoms with Crippen molar-refractivity contribution in [2.45, 2.75) is 45.6 Å². The Morgan fingerprint density at radius 1 is 1.41 bits per heavy atom. The molecule has 22 heavy (non-hydrogen) atoms. The Hall–Kier alpha value is -1.91. The molecule has 0 N–H and O–H groups in total. The SMILES string of the molecule is [2H]C1([2H])c2ncccc2C(=O)C12CCN(C(=O)OC(C)(C)C)CC2. The van der Waals surface area contributed by atoms with Gasteiger partial charge in [0.1, 0.15) is 5.60 Å². The molecule has 118 valence electrons. The number of fused-ring (bicyclic) bond motifs is 1. The highest BCUT2D eigenvalue weighted by Crippen LogP contribution is 2.43. The summed E-state index contributed by atoms with van der Waals surface area (Å²) in [5.41, 5.74) is -1.12. The van der Waals surface area contributed by atoms with Crippen molar-refractivity contribution in [3.63, 3.8) is 0 Å². The molecule has 1 aromatic rings. The Kier molecular flexibility index (Phi) is 2.91. The van der Waals surface area contributed by atoms with Gasteiger partial charge in [0.2, 0.25) is 0 Å². The summed E-state index contributed by atoms with van der Waals surface area (Å²) in [6, 6.07) is 3.29. The molecule has 5 heteroatoms. The van der Waals surface area contributed by atoms with Crippen LogP contribution < -0.4 is 0 Å². The van der Waals surface area contributed by atoms with E-state index >= 15 is 0 Å². The minimum atomic E-state index is -1.82. The predicted molar refractivity (Wildman–Crippen MR) is 81.7 cm³/mol. The molecule has 5 nitrogen and oxygen atoms in total. The first-order valence-corrected chi connectivity index (χ1v) is 7.57. The van der Waals surface area contributed by atoms with E-state index in [0.717, 1.165) is 0 Å². The van der Waals surface area contributed by atoms with Crippen LogP contribution in [0.5, 0.6) is 0 Å². The van der Waals surface area contributed by atoms with Crippen LogP contribution in [0.2, 0.25) is 0 Å². The first-order valence-electron chi connectivity index (χ1n) is 8.57. The minimum Gasteiger partial charge on any atom is -0.444 e. The number of piperidine rings is 1. The van der Waals surface area contributed by atoms with Gasteiger partial charge in [0.15, 0.2) is 5.78 Å². The summed E-state index contributed by atoms with van der Waals surface area (Å²) < 4.78 is 22.4. The number of carbonyl (C=O) groups excluding carboxylic acids is 2. The maximum absolute atomic E-state index is 12.9. The number of hydrogen-bond acceptors (Lipinski definition) is 4. The molecular formula is C17H22N2O3. The standard InChI is InChI=1S/C17H22N2O3/c1-16(2,3)22-15(21)19-9-6-17(7-10-19)11-13-12(14(17)20)5-4-8-18-13/h4-5,8H,6-7,9-11H2,1-3H3/i11D2. The second-order valence-electron chi connectivity index (χ2n) is 6.90. The third-order valence-corrected chi connectivity index (χ3v) is 4.11. The Balaban J connectivity index is 1.81. The zero-order chi connectivity index (χ0) is 17.8. The number of carbonyl (C=O) groups is 2. The lowest BCUT2D eigenvalue weighted by Gasteiger charge is -2.38. The van der Waals surface area contributed by atoms with Crippen molar-refractivity contribution in [3.8, 4) is 0 Å². The highest BCUT2D eigenvalue weighted by molar-refractivity contribution is 6.04. The van der Waals surface area contributed by atoms with Crippen molar-refractivity contribution < 1.29 is 17.1 Å². The van der Waals surface area contributed by atoms with Crippen LogP contribution in [0.3, 0.4) is 0 Å². The van der Waals surface area contributed by atoms with Gasteiger partial charge in [-0.1, -0.05) is 0 Å². The van der Waals surface area contributed by atoms with Crippen molar-refractivity contribution in [1.82, 2.24) is 9.88 Å². The summed E-state index contributed by atoms with van der Waals surface area (Å²) in [4.78, 5) is 30.7. The molecule has 0 saturated carbocycles. The van der Waals surface area contributed by atoms with E-state index < -0.39 is 23.5 Å². The van der Waals surface area contributed by atoms with Gasteiger partial charge in [-0.15, -0.1) is 0 Å². The van der Waals surface area contributed by atoms with Gasteiger partial charge in [0.05, 0.1) is 5.69 Å². The van der Waals surface area contributed by atoms with Gasteiger partial charge in [0, 0.05) is 39.4 Å². The van der Waals surface area contributed by atoms with Gasteiger partial charge in [0.25, 0.3) is 0 Å². The van der Waals surface area contributed by atoms with E-state index in [9.17, 15) is 9.59 Å². The lowest BCUT2D eigenvalue weighted by molar-refractivity contribution is 0.0113. The number of hydrogen-bond donors (Lipinski definition) is 0. The van der Waals surface area contributed by atoms with Gasteiger partial charge in [-0.25, -0.2) is 4.79 Å². The highest BCUT2D eigenvalue weighted by atomic mass is 16.6. The maximum atomic E-state index is 12.9. The Morgan fingerprint density at radius 2 is 2.09 bits per heavy atom. The van der Waals surface area contributed by atoms with Crippen LogP contribution in [-0.2, 0) is 11.1 Å². The molecular weight excluding hydrogens is 280 g/mol. The molecule has 0 radical (unpaired) electrons. The molecule has 1 saturated heterocycles. The fraction of sp³-hybridized carbons (Fsp3) is 0.588. The molecule has 0 bridgehead atoms. The Labute approximate surface area is 133 Å². The van der Waals surface area contributed by atoms with Gasteiger partial charge >= 0.3 is 6.09 Å². The van der Waals surface area contributed by atoms with E-state index in [-0.39, 0.29) is 24.3 Å². The molecule has 2 heterocycles. The molecule has 1 amide bonds. The quantitative estimate of drug-likeness (QED) is 0.739. The minimum absolute atomic E-state index is 0.195. The van der Waals surface area contributed by atoms with E-state index in [4.69, 9.17) is 7.48 Å². The topological polar surface area (TPSA) is 59.5 Å². The van der Waals surface area contributed by atoms with Crippen LogP contribution in [0.15, 0.2) is 18.3 Å². The summed E-state index contributed by atoms with van der Waals surface area (Å²) >= 11 is 0. The Morgan fingerprint density at radius 3 is 2.68 bits per heavy atom. The number of likely N-dealkylation sites (tertiary alicyclic amines) is 1. The van der Waals surface area contributed by atoms with Crippen LogP contribution in [0, 0.1) is 5.41 Å².